The van der Waals surface area contributed by atoms with Gasteiger partial charge in [-0.15, -0.1) is 0 Å². The first-order chi connectivity index (χ1) is 12.9. The van der Waals surface area contributed by atoms with Crippen molar-refractivity contribution in [2.75, 3.05) is 7.05 Å². The van der Waals surface area contributed by atoms with Gasteiger partial charge < -0.3 is 10.2 Å². The van der Waals surface area contributed by atoms with E-state index in [4.69, 9.17) is 23.2 Å². The van der Waals surface area contributed by atoms with Crippen molar-refractivity contribution in [1.29, 1.82) is 0 Å². The third-order valence-electron chi connectivity index (χ3n) is 4.50. The van der Waals surface area contributed by atoms with E-state index in [0.29, 0.717) is 22.0 Å². The first kappa shape index (κ1) is 21.3. The highest BCUT2D eigenvalue weighted by Gasteiger charge is 2.29. The van der Waals surface area contributed by atoms with Crippen LogP contribution in [0.2, 0.25) is 10.0 Å². The lowest BCUT2D eigenvalue weighted by atomic mass is 10.1. The largest absolute Gasteiger partial charge is 0.357 e. The zero-order chi connectivity index (χ0) is 20.0. The number of aryl methyl sites for hydroxylation is 1. The van der Waals surface area contributed by atoms with Gasteiger partial charge in [-0.25, -0.2) is 0 Å². The molecule has 0 spiro atoms. The van der Waals surface area contributed by atoms with Crippen molar-refractivity contribution in [2.45, 2.75) is 39.3 Å². The Balaban J connectivity index is 2.34. The molecule has 0 bridgehead atoms. The lowest BCUT2D eigenvalue weighted by Crippen LogP contribution is -2.48. The van der Waals surface area contributed by atoms with E-state index in [1.165, 1.54) is 0 Å². The highest BCUT2D eigenvalue weighted by atomic mass is 35.5. The maximum absolute atomic E-state index is 13.1. The van der Waals surface area contributed by atoms with E-state index < -0.39 is 6.04 Å². The van der Waals surface area contributed by atoms with Crippen LogP contribution in [0.4, 0.5) is 0 Å². The Bertz CT molecular complexity index is 786. The van der Waals surface area contributed by atoms with Crippen molar-refractivity contribution in [1.82, 2.24) is 10.2 Å². The van der Waals surface area contributed by atoms with Crippen molar-refractivity contribution in [3.63, 3.8) is 0 Å². The summed E-state index contributed by atoms with van der Waals surface area (Å²) in [5, 5.41) is 3.59. The molecule has 0 aliphatic rings. The van der Waals surface area contributed by atoms with Crippen LogP contribution in [0.1, 0.15) is 30.0 Å². The molecule has 4 nitrogen and oxygen atoms in total. The second-order valence-electron chi connectivity index (χ2n) is 6.42. The maximum Gasteiger partial charge on any atom is 0.242 e. The van der Waals surface area contributed by atoms with Gasteiger partial charge in [0, 0.05) is 29.2 Å². The lowest BCUT2D eigenvalue weighted by Gasteiger charge is -2.31. The predicted molar refractivity (Wildman–Crippen MR) is 110 cm³/mol. The summed E-state index contributed by atoms with van der Waals surface area (Å²) in [6.45, 7) is 4.05. The molecule has 0 saturated heterocycles. The summed E-state index contributed by atoms with van der Waals surface area (Å²) in [7, 11) is 1.57. The fourth-order valence-corrected chi connectivity index (χ4v) is 3.44. The zero-order valence-corrected chi connectivity index (χ0v) is 17.3. The molecule has 2 aromatic rings. The van der Waals surface area contributed by atoms with Crippen LogP contribution in [0.15, 0.2) is 42.5 Å². The summed E-state index contributed by atoms with van der Waals surface area (Å²) >= 11 is 12.6. The standard InChI is InChI=1S/C21H24Cl2N2O2/c1-4-19(21(27)24-3)25(13-16-17(22)6-5-7-18(16)23)20(26)12-15-10-8-14(2)9-11-15/h5-11,19H,4,12-13H2,1-3H3,(H,24,27). The number of nitrogens with zero attached hydrogens (tertiary/aromatic N) is 1. The quantitative estimate of drug-likeness (QED) is 0.740. The molecule has 0 aliphatic heterocycles. The monoisotopic (exact) mass is 406 g/mol. The van der Waals surface area contributed by atoms with Crippen molar-refractivity contribution in [2.24, 2.45) is 0 Å². The van der Waals surface area contributed by atoms with Crippen LogP contribution >= 0.6 is 23.2 Å². The van der Waals surface area contributed by atoms with E-state index in [-0.39, 0.29) is 24.8 Å². The van der Waals surface area contributed by atoms with E-state index >= 15 is 0 Å². The molecular formula is C21H24Cl2N2O2. The number of hydrogen-bond acceptors (Lipinski definition) is 2. The van der Waals surface area contributed by atoms with Crippen LogP contribution in [0, 0.1) is 6.92 Å². The van der Waals surface area contributed by atoms with E-state index in [0.717, 1.165) is 11.1 Å². The average molecular weight is 407 g/mol. The number of halogens is 2. The number of carbonyl (C=O) groups excluding carboxylic acids is 2. The molecule has 0 radical (unpaired) electrons. The Morgan fingerprint density at radius 1 is 1.07 bits per heavy atom. The fraction of sp³-hybridized carbons (Fsp3) is 0.333. The minimum Gasteiger partial charge on any atom is -0.357 e. The average Bonchev–Trinajstić information content (AvgIpc) is 2.65. The number of rotatable bonds is 7. The van der Waals surface area contributed by atoms with Crippen LogP contribution < -0.4 is 5.32 Å². The highest BCUT2D eigenvalue weighted by Crippen LogP contribution is 2.27. The van der Waals surface area contributed by atoms with Crippen LogP contribution in [0.5, 0.6) is 0 Å². The van der Waals surface area contributed by atoms with Gasteiger partial charge in [0.1, 0.15) is 6.04 Å². The van der Waals surface area contributed by atoms with Gasteiger partial charge in [0.15, 0.2) is 0 Å². The number of carbonyl (C=O) groups is 2. The maximum atomic E-state index is 13.1. The fourth-order valence-electron chi connectivity index (χ4n) is 2.92. The van der Waals surface area contributed by atoms with Crippen molar-refractivity contribution < 1.29 is 9.59 Å². The van der Waals surface area contributed by atoms with Crippen molar-refractivity contribution in [3.05, 3.63) is 69.2 Å². The Hall–Kier alpha value is -2.04. The molecule has 2 aromatic carbocycles. The Morgan fingerprint density at radius 2 is 1.67 bits per heavy atom. The van der Waals surface area contributed by atoms with Gasteiger partial charge in [0.2, 0.25) is 11.8 Å². The van der Waals surface area contributed by atoms with Gasteiger partial charge in [0.25, 0.3) is 0 Å². The molecule has 0 aromatic heterocycles. The summed E-state index contributed by atoms with van der Waals surface area (Å²) < 4.78 is 0. The predicted octanol–water partition coefficient (Wildman–Crippen LogP) is 4.40. The molecule has 6 heteroatoms. The molecule has 1 unspecified atom stereocenters. The number of nitrogens with one attached hydrogen (secondary N) is 1. The minimum atomic E-state index is -0.597. The first-order valence-electron chi connectivity index (χ1n) is 8.86. The summed E-state index contributed by atoms with van der Waals surface area (Å²) in [4.78, 5) is 27.0. The molecule has 1 N–H and O–H groups in total. The summed E-state index contributed by atoms with van der Waals surface area (Å²) in [5.74, 6) is -0.358. The SMILES string of the molecule is CCC(C(=O)NC)N(Cc1c(Cl)cccc1Cl)C(=O)Cc1ccc(C)cc1. The van der Waals surface area contributed by atoms with Gasteiger partial charge in [-0.05, 0) is 31.0 Å². The molecule has 0 heterocycles. The number of likely N-dealkylation sites (N-methyl/N-ethyl adjacent to an activating group) is 1. The molecule has 27 heavy (non-hydrogen) atoms. The normalized spacial score (nSPS) is 11.7. The van der Waals surface area contributed by atoms with Crippen LogP contribution in [-0.2, 0) is 22.6 Å². The zero-order valence-electron chi connectivity index (χ0n) is 15.8. The number of benzene rings is 2. The Kier molecular flexibility index (Phi) is 7.69. The molecule has 0 fully saturated rings. The smallest absolute Gasteiger partial charge is 0.242 e. The topological polar surface area (TPSA) is 49.4 Å². The molecular weight excluding hydrogens is 383 g/mol. The first-order valence-corrected chi connectivity index (χ1v) is 9.62. The molecule has 2 amide bonds. The molecule has 144 valence electrons. The van der Waals surface area contributed by atoms with Crippen LogP contribution in [0.3, 0.4) is 0 Å². The summed E-state index contributed by atoms with van der Waals surface area (Å²) in [6.07, 6.45) is 0.692. The Morgan fingerprint density at radius 3 is 2.19 bits per heavy atom. The van der Waals surface area contributed by atoms with Crippen molar-refractivity contribution >= 4 is 35.0 Å². The molecule has 0 aliphatic carbocycles. The van der Waals surface area contributed by atoms with Gasteiger partial charge in [-0.1, -0.05) is 66.0 Å². The van der Waals surface area contributed by atoms with Crippen molar-refractivity contribution in [3.8, 4) is 0 Å². The summed E-state index contributed by atoms with van der Waals surface area (Å²) in [5.41, 5.74) is 2.66. The Labute approximate surface area is 170 Å². The van der Waals surface area contributed by atoms with Gasteiger partial charge in [-0.3, -0.25) is 9.59 Å². The van der Waals surface area contributed by atoms with E-state index in [9.17, 15) is 9.59 Å². The van der Waals surface area contributed by atoms with Crippen LogP contribution in [0.25, 0.3) is 0 Å². The molecule has 2 rings (SSSR count). The van der Waals surface area contributed by atoms with Gasteiger partial charge in [0.05, 0.1) is 6.42 Å². The van der Waals surface area contributed by atoms with E-state index in [1.54, 1.807) is 30.1 Å². The molecule has 1 atom stereocenters. The summed E-state index contributed by atoms with van der Waals surface area (Å²) in [6, 6.07) is 12.4. The third-order valence-corrected chi connectivity index (χ3v) is 5.21. The van der Waals surface area contributed by atoms with E-state index in [1.807, 2.05) is 38.1 Å². The number of amides is 2. The second-order valence-corrected chi connectivity index (χ2v) is 7.24. The second kappa shape index (κ2) is 9.77. The minimum absolute atomic E-state index is 0.148. The van der Waals surface area contributed by atoms with E-state index in [2.05, 4.69) is 5.32 Å². The highest BCUT2D eigenvalue weighted by molar-refractivity contribution is 6.36. The lowest BCUT2D eigenvalue weighted by molar-refractivity contribution is -0.140. The number of hydrogen-bond donors (Lipinski definition) is 1. The van der Waals surface area contributed by atoms with Crippen LogP contribution in [-0.4, -0.2) is 29.8 Å². The van der Waals surface area contributed by atoms with Gasteiger partial charge in [-0.2, -0.15) is 0 Å². The third kappa shape index (κ3) is 5.47. The molecule has 0 saturated carbocycles. The van der Waals surface area contributed by atoms with Gasteiger partial charge >= 0.3 is 0 Å².